The van der Waals surface area contributed by atoms with Gasteiger partial charge in [0.2, 0.25) is 5.95 Å². The normalized spacial score (nSPS) is 12.1. The van der Waals surface area contributed by atoms with Crippen molar-refractivity contribution in [1.29, 1.82) is 0 Å². The molecule has 7 aromatic carbocycles. The summed E-state index contributed by atoms with van der Waals surface area (Å²) < 4.78 is 4.52. The lowest BCUT2D eigenvalue weighted by molar-refractivity contribution is 0.979. The van der Waals surface area contributed by atoms with Crippen molar-refractivity contribution in [2.24, 2.45) is 0 Å². The van der Waals surface area contributed by atoms with Crippen molar-refractivity contribution in [3.8, 4) is 17.1 Å². The second-order valence-electron chi connectivity index (χ2n) is 11.5. The van der Waals surface area contributed by atoms with Gasteiger partial charge in [0.1, 0.15) is 5.65 Å². The lowest BCUT2D eigenvalue weighted by atomic mass is 9.93. The fraction of sp³-hybridized carbons (Fsp3) is 0. The van der Waals surface area contributed by atoms with Crippen molar-refractivity contribution < 1.29 is 0 Å². The highest BCUT2D eigenvalue weighted by atomic mass is 15.2. The van der Waals surface area contributed by atoms with Gasteiger partial charge >= 0.3 is 0 Å². The molecule has 0 unspecified atom stereocenters. The Morgan fingerprint density at radius 1 is 0.409 bits per heavy atom. The second-order valence-corrected chi connectivity index (χ2v) is 11.5. The number of nitrogens with zero attached hydrogens (tertiary/aromatic N) is 4. The number of para-hydroxylation sites is 4. The highest BCUT2D eigenvalue weighted by Crippen LogP contribution is 2.39. The Balaban J connectivity index is 1.32. The van der Waals surface area contributed by atoms with E-state index in [9.17, 15) is 0 Å². The van der Waals surface area contributed by atoms with Crippen LogP contribution in [0.15, 0.2) is 146 Å². The van der Waals surface area contributed by atoms with Crippen LogP contribution in [0.5, 0.6) is 0 Å². The summed E-state index contributed by atoms with van der Waals surface area (Å²) in [4.78, 5) is 10.4. The number of benzene rings is 7. The zero-order valence-corrected chi connectivity index (χ0v) is 23.6. The number of hydrogen-bond acceptors (Lipinski definition) is 2. The topological polar surface area (TPSA) is 35.1 Å². The Labute approximate surface area is 252 Å². The van der Waals surface area contributed by atoms with Gasteiger partial charge in [0, 0.05) is 16.2 Å². The minimum absolute atomic E-state index is 0.836. The quantitative estimate of drug-likeness (QED) is 0.197. The third kappa shape index (κ3) is 3.17. The number of fused-ring (bicyclic) bond motifs is 11. The SMILES string of the molecule is c1ccc2c(c1)cc(-c1ccc3c(c1)c1ccccc1n3-c1nc3ccccc3c3nc4ccccc4n13)c1ccccc12. The summed E-state index contributed by atoms with van der Waals surface area (Å²) >= 11 is 0. The smallest absolute Gasteiger partial charge is 0.221 e. The Bertz CT molecular complexity index is 2780. The Morgan fingerprint density at radius 2 is 1.05 bits per heavy atom. The Hall–Kier alpha value is -6.00. The largest absolute Gasteiger partial charge is 0.279 e. The van der Waals surface area contributed by atoms with Crippen LogP contribution < -0.4 is 0 Å². The predicted molar refractivity (Wildman–Crippen MR) is 183 cm³/mol. The molecule has 4 nitrogen and oxygen atoms in total. The van der Waals surface area contributed by atoms with Gasteiger partial charge in [0.25, 0.3) is 0 Å². The first-order valence-electron chi connectivity index (χ1n) is 14.9. The van der Waals surface area contributed by atoms with Crippen LogP contribution in [-0.2, 0) is 0 Å². The van der Waals surface area contributed by atoms with Gasteiger partial charge in [0.15, 0.2) is 0 Å². The molecule has 0 N–H and O–H groups in total. The Kier molecular flexibility index (Phi) is 4.69. The minimum atomic E-state index is 0.836. The van der Waals surface area contributed by atoms with Crippen LogP contribution in [-0.4, -0.2) is 18.9 Å². The number of hydrogen-bond donors (Lipinski definition) is 0. The molecule has 10 rings (SSSR count). The average molecular weight is 561 g/mol. The number of imidazole rings is 1. The molecule has 0 saturated carbocycles. The molecule has 3 heterocycles. The van der Waals surface area contributed by atoms with Crippen molar-refractivity contribution in [3.63, 3.8) is 0 Å². The Morgan fingerprint density at radius 3 is 1.91 bits per heavy atom. The summed E-state index contributed by atoms with van der Waals surface area (Å²) in [7, 11) is 0. The van der Waals surface area contributed by atoms with Crippen LogP contribution >= 0.6 is 0 Å². The van der Waals surface area contributed by atoms with Crippen molar-refractivity contribution in [1.82, 2.24) is 18.9 Å². The summed E-state index contributed by atoms with van der Waals surface area (Å²) in [6.45, 7) is 0. The molecule has 4 heteroatoms. The molecule has 0 spiro atoms. The van der Waals surface area contributed by atoms with Gasteiger partial charge in [-0.2, -0.15) is 0 Å². The molecular weight excluding hydrogens is 536 g/mol. The molecule has 0 aliphatic carbocycles. The molecule has 0 amide bonds. The van der Waals surface area contributed by atoms with E-state index in [1.165, 1.54) is 43.4 Å². The van der Waals surface area contributed by atoms with Gasteiger partial charge in [-0.05, 0) is 81.2 Å². The van der Waals surface area contributed by atoms with Gasteiger partial charge < -0.3 is 0 Å². The molecular formula is C40H24N4. The zero-order valence-electron chi connectivity index (χ0n) is 23.6. The van der Waals surface area contributed by atoms with Crippen LogP contribution in [0.25, 0.3) is 88.0 Å². The standard InChI is InChI=1S/C40H24N4/c1-2-12-27-25(11-1)23-32(29-14-4-3-13-28(27)29)26-21-22-37-33(24-26)30-15-6-9-19-36(30)43(37)40-42-34-17-7-5-16-31(34)39-41-35-18-8-10-20-38(35)44(39)40/h1-24H. The molecule has 10 aromatic rings. The van der Waals surface area contributed by atoms with E-state index in [-0.39, 0.29) is 0 Å². The van der Waals surface area contributed by atoms with Gasteiger partial charge in [-0.1, -0.05) is 97.1 Å². The molecule has 204 valence electrons. The predicted octanol–water partition coefficient (Wildman–Crippen LogP) is 10.1. The molecule has 0 radical (unpaired) electrons. The van der Waals surface area contributed by atoms with Crippen LogP contribution in [0.2, 0.25) is 0 Å². The van der Waals surface area contributed by atoms with Crippen LogP contribution in [0.1, 0.15) is 0 Å². The first kappa shape index (κ1) is 23.6. The average Bonchev–Trinajstić information content (AvgIpc) is 3.64. The molecule has 44 heavy (non-hydrogen) atoms. The van der Waals surface area contributed by atoms with Gasteiger partial charge in [-0.25, -0.2) is 9.97 Å². The molecule has 0 aliphatic rings. The first-order valence-corrected chi connectivity index (χ1v) is 14.9. The molecule has 0 saturated heterocycles. The van der Waals surface area contributed by atoms with Crippen molar-refractivity contribution in [2.45, 2.75) is 0 Å². The number of aromatic nitrogens is 4. The van der Waals surface area contributed by atoms with Crippen LogP contribution in [0.4, 0.5) is 0 Å². The summed E-state index contributed by atoms with van der Waals surface area (Å²) in [5.74, 6) is 0.836. The van der Waals surface area contributed by atoms with E-state index in [0.29, 0.717) is 0 Å². The van der Waals surface area contributed by atoms with E-state index in [1.807, 2.05) is 12.1 Å². The fourth-order valence-corrected chi connectivity index (χ4v) is 7.13. The van der Waals surface area contributed by atoms with Crippen molar-refractivity contribution in [2.75, 3.05) is 0 Å². The maximum Gasteiger partial charge on any atom is 0.221 e. The molecule has 0 aliphatic heterocycles. The monoisotopic (exact) mass is 560 g/mol. The summed E-state index contributed by atoms with van der Waals surface area (Å²) in [6.07, 6.45) is 0. The van der Waals surface area contributed by atoms with E-state index < -0.39 is 0 Å². The van der Waals surface area contributed by atoms with Crippen molar-refractivity contribution >= 4 is 70.9 Å². The van der Waals surface area contributed by atoms with Gasteiger partial charge in [-0.3, -0.25) is 8.97 Å². The highest BCUT2D eigenvalue weighted by molar-refractivity contribution is 6.16. The van der Waals surface area contributed by atoms with Crippen LogP contribution in [0.3, 0.4) is 0 Å². The third-order valence-electron chi connectivity index (χ3n) is 9.08. The summed E-state index contributed by atoms with van der Waals surface area (Å²) in [6, 6.07) is 51.9. The summed E-state index contributed by atoms with van der Waals surface area (Å²) in [5.41, 5.74) is 8.51. The maximum absolute atomic E-state index is 5.31. The highest BCUT2D eigenvalue weighted by Gasteiger charge is 2.20. The third-order valence-corrected chi connectivity index (χ3v) is 9.08. The van der Waals surface area contributed by atoms with Crippen molar-refractivity contribution in [3.05, 3.63) is 146 Å². The lowest BCUT2D eigenvalue weighted by Gasteiger charge is -2.13. The zero-order chi connectivity index (χ0) is 28.8. The first-order chi connectivity index (χ1) is 21.8. The van der Waals surface area contributed by atoms with E-state index in [1.54, 1.807) is 0 Å². The van der Waals surface area contributed by atoms with Crippen LogP contribution in [0, 0.1) is 0 Å². The fourth-order valence-electron chi connectivity index (χ4n) is 7.13. The molecule has 3 aromatic heterocycles. The van der Waals surface area contributed by atoms with E-state index in [4.69, 9.17) is 9.97 Å². The minimum Gasteiger partial charge on any atom is -0.279 e. The molecule has 0 atom stereocenters. The lowest BCUT2D eigenvalue weighted by Crippen LogP contribution is -2.06. The molecule has 0 fully saturated rings. The van der Waals surface area contributed by atoms with Gasteiger partial charge in [-0.15, -0.1) is 0 Å². The van der Waals surface area contributed by atoms with E-state index in [2.05, 4.69) is 142 Å². The molecule has 0 bridgehead atoms. The maximum atomic E-state index is 5.31. The second kappa shape index (κ2) is 8.76. The summed E-state index contributed by atoms with van der Waals surface area (Å²) in [5, 5.41) is 8.50. The number of rotatable bonds is 2. The van der Waals surface area contributed by atoms with E-state index in [0.717, 1.165) is 44.6 Å². The van der Waals surface area contributed by atoms with E-state index >= 15 is 0 Å². The van der Waals surface area contributed by atoms with Gasteiger partial charge in [0.05, 0.1) is 27.6 Å².